The van der Waals surface area contributed by atoms with E-state index in [0.29, 0.717) is 17.6 Å². The second-order valence-electron chi connectivity index (χ2n) is 7.29. The first-order chi connectivity index (χ1) is 14.2. The van der Waals surface area contributed by atoms with Crippen molar-refractivity contribution in [2.75, 3.05) is 17.2 Å². The van der Waals surface area contributed by atoms with Gasteiger partial charge in [0.05, 0.1) is 17.8 Å². The van der Waals surface area contributed by atoms with Gasteiger partial charge in [0.15, 0.2) is 5.82 Å². The molecule has 4 N–H and O–H groups in total. The van der Waals surface area contributed by atoms with Gasteiger partial charge in [-0.1, -0.05) is 6.07 Å². The molecule has 0 amide bonds. The molecule has 29 heavy (non-hydrogen) atoms. The summed E-state index contributed by atoms with van der Waals surface area (Å²) < 4.78 is 5.69. The third-order valence-electron chi connectivity index (χ3n) is 5.21. The molecule has 148 valence electrons. The zero-order valence-electron chi connectivity index (χ0n) is 16.1. The van der Waals surface area contributed by atoms with Crippen LogP contribution in [0.1, 0.15) is 43.2 Å². The second kappa shape index (κ2) is 7.56. The summed E-state index contributed by atoms with van der Waals surface area (Å²) in [6.45, 7) is 2.90. The Morgan fingerprint density at radius 1 is 1.17 bits per heavy atom. The van der Waals surface area contributed by atoms with Gasteiger partial charge in [-0.25, -0.2) is 4.98 Å². The van der Waals surface area contributed by atoms with E-state index in [-0.39, 0.29) is 12.1 Å². The molecular weight excluding hydrogens is 366 g/mol. The molecular formula is C21H23N7O. The van der Waals surface area contributed by atoms with E-state index in [1.807, 2.05) is 18.3 Å². The first-order valence-corrected chi connectivity index (χ1v) is 9.85. The predicted molar refractivity (Wildman–Crippen MR) is 112 cm³/mol. The lowest BCUT2D eigenvalue weighted by molar-refractivity contribution is 0.108. The van der Waals surface area contributed by atoms with Crippen molar-refractivity contribution in [2.45, 2.75) is 31.9 Å². The van der Waals surface area contributed by atoms with Crippen molar-refractivity contribution in [1.29, 1.82) is 0 Å². The minimum absolute atomic E-state index is 0.0704. The summed E-state index contributed by atoms with van der Waals surface area (Å²) in [5.74, 6) is 1.96. The molecule has 0 bridgehead atoms. The van der Waals surface area contributed by atoms with Crippen molar-refractivity contribution >= 4 is 28.5 Å². The van der Waals surface area contributed by atoms with E-state index in [0.717, 1.165) is 30.7 Å². The van der Waals surface area contributed by atoms with Gasteiger partial charge < -0.3 is 20.4 Å². The number of nitrogens with zero attached hydrogens (tertiary/aromatic N) is 3. The minimum atomic E-state index is 0.0704. The highest BCUT2D eigenvalue weighted by atomic mass is 16.5. The van der Waals surface area contributed by atoms with Gasteiger partial charge in [-0.3, -0.25) is 5.10 Å². The first kappa shape index (κ1) is 17.7. The summed E-state index contributed by atoms with van der Waals surface area (Å²) in [7, 11) is 0. The van der Waals surface area contributed by atoms with Gasteiger partial charge >= 0.3 is 0 Å². The van der Waals surface area contributed by atoms with Crippen molar-refractivity contribution < 1.29 is 4.74 Å². The van der Waals surface area contributed by atoms with E-state index in [1.54, 1.807) is 6.20 Å². The maximum Gasteiger partial charge on any atom is 0.225 e. The van der Waals surface area contributed by atoms with Crippen LogP contribution < -0.4 is 10.6 Å². The van der Waals surface area contributed by atoms with E-state index in [1.165, 1.54) is 10.9 Å². The molecule has 3 aromatic heterocycles. The number of ether oxygens (including phenoxy) is 1. The molecule has 1 aliphatic heterocycles. The molecule has 0 radical (unpaired) electrons. The smallest absolute Gasteiger partial charge is 0.225 e. The number of rotatable bonds is 6. The number of aromatic amines is 2. The molecule has 0 saturated carbocycles. The Kier molecular flexibility index (Phi) is 4.61. The predicted octanol–water partition coefficient (Wildman–Crippen LogP) is 4.45. The van der Waals surface area contributed by atoms with Crippen molar-refractivity contribution in [2.24, 2.45) is 0 Å². The number of H-pyrrole nitrogens is 2. The minimum Gasteiger partial charge on any atom is -0.372 e. The van der Waals surface area contributed by atoms with Gasteiger partial charge in [0.25, 0.3) is 0 Å². The number of anilines is 3. The van der Waals surface area contributed by atoms with Gasteiger partial charge in [0.2, 0.25) is 5.95 Å². The topological polar surface area (TPSA) is 104 Å². The first-order valence-electron chi connectivity index (χ1n) is 9.85. The molecule has 1 unspecified atom stereocenters. The Balaban J connectivity index is 1.28. The number of hydrogen-bond donors (Lipinski definition) is 4. The number of benzene rings is 1. The molecule has 4 aromatic rings. The van der Waals surface area contributed by atoms with E-state index >= 15 is 0 Å². The summed E-state index contributed by atoms with van der Waals surface area (Å²) in [4.78, 5) is 12.1. The standard InChI is InChI=1S/C21H23N7O/c1-13(14-4-5-16-15(11-14)6-8-22-16)24-21-23-9-7-19(26-21)25-20-12-17(27-28-20)18-3-2-10-29-18/h4-9,11-13,18,22H,2-3,10H2,1H3,(H3,23,24,25,26,27,28)/t13-,18?/m0/s1. The lowest BCUT2D eigenvalue weighted by atomic mass is 10.1. The molecule has 1 saturated heterocycles. The highest BCUT2D eigenvalue weighted by molar-refractivity contribution is 5.80. The number of fused-ring (bicyclic) bond motifs is 1. The van der Waals surface area contributed by atoms with Crippen LogP contribution in [0, 0.1) is 0 Å². The number of hydrogen-bond acceptors (Lipinski definition) is 6. The third-order valence-corrected chi connectivity index (χ3v) is 5.21. The van der Waals surface area contributed by atoms with E-state index in [2.05, 4.69) is 67.0 Å². The number of aromatic nitrogens is 5. The summed E-state index contributed by atoms with van der Waals surface area (Å²) in [6.07, 6.45) is 5.90. The molecule has 8 nitrogen and oxygen atoms in total. The van der Waals surface area contributed by atoms with Gasteiger partial charge in [0.1, 0.15) is 5.82 Å². The molecule has 5 rings (SSSR count). The summed E-state index contributed by atoms with van der Waals surface area (Å²) in [5, 5.41) is 15.2. The summed E-state index contributed by atoms with van der Waals surface area (Å²) >= 11 is 0. The normalized spacial score (nSPS) is 17.5. The largest absolute Gasteiger partial charge is 0.372 e. The average molecular weight is 389 g/mol. The van der Waals surface area contributed by atoms with E-state index in [4.69, 9.17) is 4.74 Å². The van der Waals surface area contributed by atoms with Crippen LogP contribution in [-0.2, 0) is 4.74 Å². The van der Waals surface area contributed by atoms with Gasteiger partial charge in [-0.15, -0.1) is 0 Å². The van der Waals surface area contributed by atoms with Gasteiger partial charge in [-0.2, -0.15) is 10.1 Å². The molecule has 0 spiro atoms. The van der Waals surface area contributed by atoms with Crippen LogP contribution in [-0.4, -0.2) is 31.8 Å². The van der Waals surface area contributed by atoms with Crippen molar-refractivity contribution in [1.82, 2.24) is 25.1 Å². The highest BCUT2D eigenvalue weighted by Gasteiger charge is 2.20. The zero-order valence-corrected chi connectivity index (χ0v) is 16.1. The van der Waals surface area contributed by atoms with Crippen LogP contribution in [0.2, 0.25) is 0 Å². The monoisotopic (exact) mass is 389 g/mol. The van der Waals surface area contributed by atoms with Crippen molar-refractivity contribution in [3.8, 4) is 0 Å². The van der Waals surface area contributed by atoms with E-state index < -0.39 is 0 Å². The molecule has 4 heterocycles. The van der Waals surface area contributed by atoms with Crippen LogP contribution in [0.3, 0.4) is 0 Å². The highest BCUT2D eigenvalue weighted by Crippen LogP contribution is 2.29. The maximum absolute atomic E-state index is 5.69. The Morgan fingerprint density at radius 3 is 3.03 bits per heavy atom. The van der Waals surface area contributed by atoms with Crippen LogP contribution >= 0.6 is 0 Å². The Hall–Kier alpha value is -3.39. The molecule has 2 atom stereocenters. The summed E-state index contributed by atoms with van der Waals surface area (Å²) in [6, 6.07) is 12.3. The fraction of sp³-hybridized carbons (Fsp3) is 0.286. The number of nitrogens with one attached hydrogen (secondary N) is 4. The van der Waals surface area contributed by atoms with Gasteiger partial charge in [0, 0.05) is 30.6 Å². The lowest BCUT2D eigenvalue weighted by Gasteiger charge is -2.15. The zero-order chi connectivity index (χ0) is 19.6. The third kappa shape index (κ3) is 3.79. The molecule has 1 fully saturated rings. The lowest BCUT2D eigenvalue weighted by Crippen LogP contribution is -2.10. The molecule has 1 aliphatic rings. The maximum atomic E-state index is 5.69. The fourth-order valence-electron chi connectivity index (χ4n) is 3.64. The average Bonchev–Trinajstić information content (AvgIpc) is 3.48. The van der Waals surface area contributed by atoms with Crippen LogP contribution in [0.4, 0.5) is 17.6 Å². The van der Waals surface area contributed by atoms with E-state index in [9.17, 15) is 0 Å². The SMILES string of the molecule is C[C@H](Nc1nccc(Nc2cc(C3CCCO3)[nH]n2)n1)c1ccc2[nH]ccc2c1. The Morgan fingerprint density at radius 2 is 2.14 bits per heavy atom. The van der Waals surface area contributed by atoms with Gasteiger partial charge in [-0.05, 0) is 55.0 Å². The van der Waals surface area contributed by atoms with Crippen molar-refractivity contribution in [3.63, 3.8) is 0 Å². The van der Waals surface area contributed by atoms with Crippen LogP contribution in [0.25, 0.3) is 10.9 Å². The fourth-order valence-corrected chi connectivity index (χ4v) is 3.64. The second-order valence-corrected chi connectivity index (χ2v) is 7.29. The Bertz CT molecular complexity index is 1110. The molecule has 8 heteroatoms. The van der Waals surface area contributed by atoms with Crippen LogP contribution in [0.5, 0.6) is 0 Å². The summed E-state index contributed by atoms with van der Waals surface area (Å²) in [5.41, 5.74) is 3.29. The molecule has 0 aliphatic carbocycles. The van der Waals surface area contributed by atoms with Crippen LogP contribution in [0.15, 0.2) is 48.8 Å². The van der Waals surface area contributed by atoms with Crippen molar-refractivity contribution in [3.05, 3.63) is 60.0 Å². The Labute approximate surface area is 168 Å². The quantitative estimate of drug-likeness (QED) is 0.388. The molecule has 1 aromatic carbocycles.